The van der Waals surface area contributed by atoms with E-state index in [9.17, 15) is 0 Å². The molecule has 0 spiro atoms. The zero-order valence-electron chi connectivity index (χ0n) is 13.9. The number of anilines is 4. The molecule has 2 fully saturated rings. The van der Waals surface area contributed by atoms with Gasteiger partial charge in [-0.3, -0.25) is 0 Å². The number of aromatic nitrogens is 4. The number of hydrogen-bond acceptors (Lipinski definition) is 8. The van der Waals surface area contributed by atoms with E-state index in [1.807, 2.05) is 0 Å². The van der Waals surface area contributed by atoms with Gasteiger partial charge in [0.05, 0.1) is 0 Å². The number of hydrogen-bond donors (Lipinski definition) is 2. The predicted octanol–water partition coefficient (Wildman–Crippen LogP) is 1.56. The number of nitrogens with zero attached hydrogens (tertiary/aromatic N) is 6. The van der Waals surface area contributed by atoms with E-state index < -0.39 is 0 Å². The molecule has 2 saturated heterocycles. The average Bonchev–Trinajstić information content (AvgIpc) is 2.63. The first-order valence-electron chi connectivity index (χ1n) is 8.83. The quantitative estimate of drug-likeness (QED) is 0.854. The topological polar surface area (TPSA) is 110 Å². The van der Waals surface area contributed by atoms with Gasteiger partial charge in [-0.1, -0.05) is 0 Å². The summed E-state index contributed by atoms with van der Waals surface area (Å²) in [7, 11) is 0. The van der Waals surface area contributed by atoms with Gasteiger partial charge < -0.3 is 21.3 Å². The molecule has 2 aromatic heterocycles. The van der Waals surface area contributed by atoms with E-state index in [0.717, 1.165) is 51.9 Å². The Balaban J connectivity index is 1.74. The molecule has 0 unspecified atom stereocenters. The predicted molar refractivity (Wildman–Crippen MR) is 96.1 cm³/mol. The fourth-order valence-corrected chi connectivity index (χ4v) is 3.51. The van der Waals surface area contributed by atoms with E-state index in [2.05, 4.69) is 29.7 Å². The van der Waals surface area contributed by atoms with Gasteiger partial charge in [0.25, 0.3) is 0 Å². The maximum absolute atomic E-state index is 6.19. The van der Waals surface area contributed by atoms with E-state index in [1.54, 1.807) is 0 Å². The third-order valence-corrected chi connectivity index (χ3v) is 4.85. The fraction of sp³-hybridized carbons (Fsp3) is 0.625. The number of fused-ring (bicyclic) bond motifs is 1. The summed E-state index contributed by atoms with van der Waals surface area (Å²) < 4.78 is 0. The Labute approximate surface area is 141 Å². The number of rotatable bonds is 2. The Morgan fingerprint density at radius 3 is 1.29 bits per heavy atom. The molecule has 0 bridgehead atoms. The van der Waals surface area contributed by atoms with Crippen LogP contribution >= 0.6 is 0 Å². The molecule has 0 amide bonds. The summed E-state index contributed by atoms with van der Waals surface area (Å²) in [6.07, 6.45) is 7.12. The van der Waals surface area contributed by atoms with E-state index in [1.165, 1.54) is 12.8 Å². The van der Waals surface area contributed by atoms with Crippen molar-refractivity contribution in [3.63, 3.8) is 0 Å². The monoisotopic (exact) mass is 328 g/mol. The van der Waals surface area contributed by atoms with Crippen LogP contribution in [0.2, 0.25) is 0 Å². The van der Waals surface area contributed by atoms with E-state index in [4.69, 9.17) is 11.5 Å². The maximum Gasteiger partial charge on any atom is 0.228 e. The third-order valence-electron chi connectivity index (χ3n) is 4.85. The summed E-state index contributed by atoms with van der Waals surface area (Å²) in [5.74, 6) is 2.04. The number of piperidine rings is 2. The molecule has 0 aromatic carbocycles. The van der Waals surface area contributed by atoms with Crippen LogP contribution in [-0.4, -0.2) is 46.1 Å². The Hall–Kier alpha value is -2.38. The highest BCUT2D eigenvalue weighted by Crippen LogP contribution is 2.27. The molecule has 4 N–H and O–H groups in total. The fourth-order valence-electron chi connectivity index (χ4n) is 3.51. The Kier molecular flexibility index (Phi) is 3.95. The summed E-state index contributed by atoms with van der Waals surface area (Å²) in [6, 6.07) is 0. The molecule has 0 radical (unpaired) electrons. The molecule has 0 atom stereocenters. The third kappa shape index (κ3) is 2.76. The van der Waals surface area contributed by atoms with Crippen molar-refractivity contribution in [3.05, 3.63) is 0 Å². The summed E-state index contributed by atoms with van der Waals surface area (Å²) in [4.78, 5) is 22.5. The minimum Gasteiger partial charge on any atom is -0.382 e. The molecule has 4 rings (SSSR count). The van der Waals surface area contributed by atoms with Gasteiger partial charge in [0, 0.05) is 26.2 Å². The number of nitrogens with two attached hydrogens (primary N) is 2. The molecular weight excluding hydrogens is 304 g/mol. The van der Waals surface area contributed by atoms with Crippen molar-refractivity contribution < 1.29 is 0 Å². The van der Waals surface area contributed by atoms with Crippen LogP contribution in [0.3, 0.4) is 0 Å². The normalized spacial score (nSPS) is 19.0. The maximum atomic E-state index is 6.19. The highest BCUT2D eigenvalue weighted by Gasteiger charge is 2.20. The molecule has 8 nitrogen and oxygen atoms in total. The van der Waals surface area contributed by atoms with Gasteiger partial charge in [-0.05, 0) is 38.5 Å². The molecular formula is C16H24N8. The van der Waals surface area contributed by atoms with Gasteiger partial charge in [-0.15, -0.1) is 0 Å². The van der Waals surface area contributed by atoms with Crippen molar-refractivity contribution in [1.29, 1.82) is 0 Å². The summed E-state index contributed by atoms with van der Waals surface area (Å²) in [5, 5.41) is 0. The molecule has 2 aromatic rings. The average molecular weight is 328 g/mol. The van der Waals surface area contributed by atoms with Gasteiger partial charge in [0.1, 0.15) is 11.0 Å². The molecule has 8 heteroatoms. The van der Waals surface area contributed by atoms with Crippen LogP contribution in [0.1, 0.15) is 38.5 Å². The van der Waals surface area contributed by atoms with Gasteiger partial charge in [0.2, 0.25) is 11.9 Å². The van der Waals surface area contributed by atoms with Crippen LogP contribution in [0.15, 0.2) is 0 Å². The highest BCUT2D eigenvalue weighted by atomic mass is 15.3. The largest absolute Gasteiger partial charge is 0.382 e. The molecule has 4 heterocycles. The van der Waals surface area contributed by atoms with E-state index in [0.29, 0.717) is 34.6 Å². The standard InChI is InChI=1S/C16H24N8/c17-13-12-11(19-15(21-13)23-7-3-1-4-8-23)14(18)22-16(20-12)24-9-5-2-6-10-24/h1-10H2,(H2,17,19,21)(H2,18,20,22). The lowest BCUT2D eigenvalue weighted by atomic mass is 10.1. The van der Waals surface area contributed by atoms with Crippen molar-refractivity contribution in [3.8, 4) is 0 Å². The van der Waals surface area contributed by atoms with Crippen molar-refractivity contribution in [2.24, 2.45) is 0 Å². The smallest absolute Gasteiger partial charge is 0.228 e. The molecule has 128 valence electrons. The Morgan fingerprint density at radius 2 is 0.917 bits per heavy atom. The number of nitrogen functional groups attached to an aromatic ring is 2. The van der Waals surface area contributed by atoms with Crippen molar-refractivity contribution in [2.45, 2.75) is 38.5 Å². The molecule has 0 saturated carbocycles. The van der Waals surface area contributed by atoms with Crippen LogP contribution in [0.4, 0.5) is 23.5 Å². The first-order chi connectivity index (χ1) is 11.7. The van der Waals surface area contributed by atoms with Gasteiger partial charge in [0.15, 0.2) is 11.6 Å². The summed E-state index contributed by atoms with van der Waals surface area (Å²) in [5.41, 5.74) is 13.5. The lowest BCUT2D eigenvalue weighted by Crippen LogP contribution is -2.32. The zero-order chi connectivity index (χ0) is 16.5. The van der Waals surface area contributed by atoms with Gasteiger partial charge in [-0.2, -0.15) is 9.97 Å². The second-order valence-corrected chi connectivity index (χ2v) is 6.61. The first kappa shape index (κ1) is 15.2. The van der Waals surface area contributed by atoms with Crippen LogP contribution in [-0.2, 0) is 0 Å². The SMILES string of the molecule is Nc1nc(N2CCCCC2)nc2c(N)nc(N3CCCCC3)nc12. The van der Waals surface area contributed by atoms with Crippen molar-refractivity contribution in [2.75, 3.05) is 47.4 Å². The van der Waals surface area contributed by atoms with E-state index in [-0.39, 0.29) is 0 Å². The van der Waals surface area contributed by atoms with Crippen LogP contribution < -0.4 is 21.3 Å². The lowest BCUT2D eigenvalue weighted by Gasteiger charge is -2.28. The van der Waals surface area contributed by atoms with Crippen LogP contribution in [0.5, 0.6) is 0 Å². The zero-order valence-corrected chi connectivity index (χ0v) is 13.9. The van der Waals surface area contributed by atoms with Crippen molar-refractivity contribution in [1.82, 2.24) is 19.9 Å². The van der Waals surface area contributed by atoms with Crippen molar-refractivity contribution >= 4 is 34.6 Å². The lowest BCUT2D eigenvalue weighted by molar-refractivity contribution is 0.568. The van der Waals surface area contributed by atoms with Gasteiger partial charge in [-0.25, -0.2) is 9.97 Å². The highest BCUT2D eigenvalue weighted by molar-refractivity contribution is 5.92. The molecule has 2 aliphatic heterocycles. The van der Waals surface area contributed by atoms with Gasteiger partial charge >= 0.3 is 0 Å². The molecule has 24 heavy (non-hydrogen) atoms. The minimum atomic E-state index is 0.382. The van der Waals surface area contributed by atoms with Crippen LogP contribution in [0, 0.1) is 0 Å². The van der Waals surface area contributed by atoms with E-state index >= 15 is 0 Å². The summed E-state index contributed by atoms with van der Waals surface area (Å²) >= 11 is 0. The Bertz CT molecular complexity index is 671. The summed E-state index contributed by atoms with van der Waals surface area (Å²) in [6.45, 7) is 3.82. The first-order valence-corrected chi connectivity index (χ1v) is 8.83. The Morgan fingerprint density at radius 1 is 0.542 bits per heavy atom. The second-order valence-electron chi connectivity index (χ2n) is 6.61. The minimum absolute atomic E-state index is 0.382. The van der Waals surface area contributed by atoms with Crippen LogP contribution in [0.25, 0.3) is 11.0 Å². The molecule has 2 aliphatic rings. The molecule has 0 aliphatic carbocycles. The second kappa shape index (κ2) is 6.26.